The van der Waals surface area contributed by atoms with Crippen LogP contribution in [0.2, 0.25) is 0 Å². The Bertz CT molecular complexity index is 174. The number of halogens is 1. The summed E-state index contributed by atoms with van der Waals surface area (Å²) in [6.45, 7) is 2.31. The van der Waals surface area contributed by atoms with Crippen molar-refractivity contribution in [3.63, 3.8) is 0 Å². The largest absolute Gasteiger partial charge is 0.126 e. The van der Waals surface area contributed by atoms with Crippen molar-refractivity contribution < 1.29 is 0 Å². The second-order valence-corrected chi connectivity index (χ2v) is 4.25. The third-order valence-electron chi connectivity index (χ3n) is 3.10. The van der Waals surface area contributed by atoms with Crippen molar-refractivity contribution in [1.82, 2.24) is 0 Å². The zero-order valence-electron chi connectivity index (χ0n) is 6.31. The van der Waals surface area contributed by atoms with Gasteiger partial charge in [0.15, 0.2) is 0 Å². The average Bonchev–Trinajstić information content (AvgIpc) is 2.46. The van der Waals surface area contributed by atoms with Crippen LogP contribution in [0.4, 0.5) is 0 Å². The monoisotopic (exact) mass is 156 g/mol. The zero-order valence-corrected chi connectivity index (χ0v) is 7.06. The maximum atomic E-state index is 5.91. The number of fused-ring (bicyclic) bond motifs is 2. The molecule has 0 aromatic heterocycles. The maximum absolute atomic E-state index is 5.91. The molecule has 0 aromatic carbocycles. The number of rotatable bonds is 1. The molecule has 0 amide bonds. The van der Waals surface area contributed by atoms with Gasteiger partial charge in [-0.1, -0.05) is 19.1 Å². The molecule has 2 aliphatic carbocycles. The Hall–Kier alpha value is 0.0300. The highest BCUT2D eigenvalue weighted by atomic mass is 35.5. The maximum Gasteiger partial charge on any atom is 0.0283 e. The van der Waals surface area contributed by atoms with E-state index in [-0.39, 0.29) is 0 Å². The molecule has 0 saturated heterocycles. The van der Waals surface area contributed by atoms with Crippen LogP contribution in [-0.2, 0) is 0 Å². The fraction of sp³-hybridized carbons (Fsp3) is 0.778. The number of hydrogen-bond donors (Lipinski definition) is 0. The van der Waals surface area contributed by atoms with E-state index in [1.807, 2.05) is 0 Å². The molecule has 10 heavy (non-hydrogen) atoms. The minimum Gasteiger partial charge on any atom is -0.126 e. The van der Waals surface area contributed by atoms with Crippen LogP contribution in [0.5, 0.6) is 0 Å². The average molecular weight is 157 g/mol. The molecule has 3 atom stereocenters. The summed E-state index contributed by atoms with van der Waals surface area (Å²) < 4.78 is 0. The van der Waals surface area contributed by atoms with Gasteiger partial charge in [0.1, 0.15) is 0 Å². The van der Waals surface area contributed by atoms with Gasteiger partial charge in [-0.3, -0.25) is 0 Å². The Morgan fingerprint density at radius 2 is 2.40 bits per heavy atom. The molecule has 2 rings (SSSR count). The van der Waals surface area contributed by atoms with E-state index in [0.29, 0.717) is 5.41 Å². The molecule has 0 spiro atoms. The lowest BCUT2D eigenvalue weighted by Crippen LogP contribution is -2.23. The third-order valence-corrected chi connectivity index (χ3v) is 3.71. The van der Waals surface area contributed by atoms with E-state index in [9.17, 15) is 0 Å². The van der Waals surface area contributed by atoms with Crippen LogP contribution in [0.15, 0.2) is 12.2 Å². The Morgan fingerprint density at radius 1 is 1.60 bits per heavy atom. The Morgan fingerprint density at radius 3 is 2.70 bits per heavy atom. The lowest BCUT2D eigenvalue weighted by Gasteiger charge is -2.28. The van der Waals surface area contributed by atoms with Crippen LogP contribution in [0.1, 0.15) is 19.8 Å². The summed E-state index contributed by atoms with van der Waals surface area (Å²) in [7, 11) is 0. The minimum atomic E-state index is 0.432. The number of allylic oxidation sites excluding steroid dienone is 2. The highest BCUT2D eigenvalue weighted by Gasteiger charge is 2.43. The van der Waals surface area contributed by atoms with Gasteiger partial charge in [-0.2, -0.15) is 0 Å². The zero-order chi connectivity index (χ0) is 7.19. The quantitative estimate of drug-likeness (QED) is 0.405. The Labute approximate surface area is 67.3 Å². The summed E-state index contributed by atoms with van der Waals surface area (Å²) in [5, 5.41) is 0. The molecular weight excluding hydrogens is 144 g/mol. The summed E-state index contributed by atoms with van der Waals surface area (Å²) in [4.78, 5) is 0. The normalized spacial score (nSPS) is 50.6. The van der Waals surface area contributed by atoms with E-state index >= 15 is 0 Å². The van der Waals surface area contributed by atoms with Crippen molar-refractivity contribution in [3.05, 3.63) is 12.2 Å². The Kier molecular flexibility index (Phi) is 1.35. The van der Waals surface area contributed by atoms with Crippen molar-refractivity contribution >= 4 is 11.6 Å². The van der Waals surface area contributed by atoms with Crippen LogP contribution >= 0.6 is 11.6 Å². The van der Waals surface area contributed by atoms with E-state index in [0.717, 1.165) is 17.7 Å². The number of hydrogen-bond acceptors (Lipinski definition) is 0. The van der Waals surface area contributed by atoms with Crippen molar-refractivity contribution in [1.29, 1.82) is 0 Å². The molecule has 0 aliphatic heterocycles. The molecule has 0 aromatic rings. The van der Waals surface area contributed by atoms with Gasteiger partial charge >= 0.3 is 0 Å². The predicted molar refractivity (Wildman–Crippen MR) is 44.2 cm³/mol. The number of alkyl halides is 1. The van der Waals surface area contributed by atoms with Crippen molar-refractivity contribution in [2.24, 2.45) is 17.3 Å². The Balaban J connectivity index is 2.22. The fourth-order valence-corrected chi connectivity index (χ4v) is 2.65. The lowest BCUT2D eigenvalue weighted by atomic mass is 9.80. The van der Waals surface area contributed by atoms with E-state index in [1.165, 1.54) is 12.8 Å². The van der Waals surface area contributed by atoms with Gasteiger partial charge in [-0.05, 0) is 30.1 Å². The predicted octanol–water partition coefficient (Wildman–Crippen LogP) is 2.83. The van der Waals surface area contributed by atoms with Crippen molar-refractivity contribution in [2.75, 3.05) is 5.88 Å². The molecule has 0 N–H and O–H groups in total. The topological polar surface area (TPSA) is 0 Å². The molecule has 0 radical (unpaired) electrons. The second kappa shape index (κ2) is 2.01. The van der Waals surface area contributed by atoms with E-state index in [1.54, 1.807) is 0 Å². The van der Waals surface area contributed by atoms with Crippen LogP contribution in [0.3, 0.4) is 0 Å². The first kappa shape index (κ1) is 6.72. The molecule has 1 fully saturated rings. The molecule has 1 heteroatoms. The molecule has 2 aliphatic rings. The summed E-state index contributed by atoms with van der Waals surface area (Å²) in [5.74, 6) is 2.47. The van der Waals surface area contributed by atoms with Crippen molar-refractivity contribution in [2.45, 2.75) is 19.8 Å². The van der Waals surface area contributed by atoms with Crippen LogP contribution in [0.25, 0.3) is 0 Å². The molecule has 3 unspecified atom stereocenters. The smallest absolute Gasteiger partial charge is 0.0283 e. The standard InChI is InChI=1S/C9H13Cl/c1-9(6-10)5-7-2-3-8(9)4-7/h2-3,7-8H,4-6H2,1H3. The summed E-state index contributed by atoms with van der Waals surface area (Å²) in [6, 6.07) is 0. The molecular formula is C9H13Cl. The lowest BCUT2D eigenvalue weighted by molar-refractivity contribution is 0.305. The van der Waals surface area contributed by atoms with E-state index in [2.05, 4.69) is 19.1 Å². The van der Waals surface area contributed by atoms with Gasteiger partial charge < -0.3 is 0 Å². The molecule has 1 saturated carbocycles. The van der Waals surface area contributed by atoms with Crippen LogP contribution < -0.4 is 0 Å². The summed E-state index contributed by atoms with van der Waals surface area (Å²) in [5.41, 5.74) is 0.432. The third kappa shape index (κ3) is 0.748. The molecule has 2 bridgehead atoms. The van der Waals surface area contributed by atoms with Gasteiger partial charge in [0, 0.05) is 5.88 Å². The van der Waals surface area contributed by atoms with Crippen LogP contribution in [-0.4, -0.2) is 5.88 Å². The van der Waals surface area contributed by atoms with E-state index in [4.69, 9.17) is 11.6 Å². The fourth-order valence-electron chi connectivity index (χ4n) is 2.35. The van der Waals surface area contributed by atoms with Gasteiger partial charge in [0.2, 0.25) is 0 Å². The highest BCUT2D eigenvalue weighted by molar-refractivity contribution is 6.18. The van der Waals surface area contributed by atoms with E-state index < -0.39 is 0 Å². The van der Waals surface area contributed by atoms with Gasteiger partial charge in [-0.25, -0.2) is 0 Å². The van der Waals surface area contributed by atoms with Crippen molar-refractivity contribution in [3.8, 4) is 0 Å². The summed E-state index contributed by atoms with van der Waals surface area (Å²) in [6.07, 6.45) is 7.40. The van der Waals surface area contributed by atoms with Gasteiger partial charge in [-0.15, -0.1) is 11.6 Å². The van der Waals surface area contributed by atoms with Gasteiger partial charge in [0.25, 0.3) is 0 Å². The molecule has 0 heterocycles. The van der Waals surface area contributed by atoms with Crippen LogP contribution in [0, 0.1) is 17.3 Å². The molecule has 0 nitrogen and oxygen atoms in total. The minimum absolute atomic E-state index is 0.432. The summed E-state index contributed by atoms with van der Waals surface area (Å²) >= 11 is 5.91. The SMILES string of the molecule is CC1(CCl)CC2C=CC1C2. The first-order valence-corrected chi connectivity index (χ1v) is 4.52. The highest BCUT2D eigenvalue weighted by Crippen LogP contribution is 2.52. The van der Waals surface area contributed by atoms with Gasteiger partial charge in [0.05, 0.1) is 0 Å². The first-order chi connectivity index (χ1) is 4.74. The second-order valence-electron chi connectivity index (χ2n) is 3.98. The first-order valence-electron chi connectivity index (χ1n) is 3.99. The molecule has 56 valence electrons.